The van der Waals surface area contributed by atoms with Gasteiger partial charge in [0.15, 0.2) is 0 Å². The normalized spacial score (nSPS) is 11.3. The fraction of sp³-hybridized carbons (Fsp3) is 0.250. The highest BCUT2D eigenvalue weighted by Gasteiger charge is 2.19. The fourth-order valence-corrected chi connectivity index (χ4v) is 2.40. The molecule has 0 spiro atoms. The van der Waals surface area contributed by atoms with E-state index in [1.807, 2.05) is 0 Å². The molecular weight excluding hydrogens is 242 g/mol. The second-order valence-corrected chi connectivity index (χ2v) is 5.05. The average Bonchev–Trinajstić information content (AvgIpc) is 2.07. The van der Waals surface area contributed by atoms with Crippen LogP contribution in [0.15, 0.2) is 18.2 Å². The average molecular weight is 252 g/mol. The molecule has 84 valence electrons. The van der Waals surface area contributed by atoms with Crippen LogP contribution in [-0.4, -0.2) is 30.9 Å². The summed E-state index contributed by atoms with van der Waals surface area (Å²) in [6.45, 7) is 0. The van der Waals surface area contributed by atoms with E-state index in [-0.39, 0.29) is 23.2 Å². The third kappa shape index (κ3) is 2.66. The quantitative estimate of drug-likeness (QED) is 0.622. The van der Waals surface area contributed by atoms with Crippen LogP contribution < -0.4 is 4.31 Å². The molecule has 1 aromatic rings. The molecule has 1 rings (SSSR count). The monoisotopic (exact) mass is 251 g/mol. The van der Waals surface area contributed by atoms with Crippen LogP contribution in [0.1, 0.15) is 0 Å². The number of rotatable bonds is 3. The first kappa shape index (κ1) is 11.9. The summed E-state index contributed by atoms with van der Waals surface area (Å²) in [5.41, 5.74) is 0.0327. The van der Waals surface area contributed by atoms with Crippen molar-refractivity contribution >= 4 is 27.3 Å². The maximum absolute atomic E-state index is 11.3. The van der Waals surface area contributed by atoms with Gasteiger partial charge >= 0.3 is 0 Å². The predicted molar refractivity (Wildman–Crippen MR) is 57.8 cm³/mol. The summed E-state index contributed by atoms with van der Waals surface area (Å²) in [4.78, 5) is 0. The Morgan fingerprint density at radius 2 is 2.00 bits per heavy atom. The standard InChI is InChI=1S/C8H10ClNO4S/c1-15(13,14)10(5-9)7-3-2-6(11)4-8(7)12/h2-4,11-12H,5H2,1H3. The highest BCUT2D eigenvalue weighted by atomic mass is 35.5. The number of phenolic OH excluding ortho intramolecular Hbond substituents is 2. The second kappa shape index (κ2) is 4.16. The van der Waals surface area contributed by atoms with Gasteiger partial charge in [0.25, 0.3) is 0 Å². The number of halogens is 1. The molecule has 0 fully saturated rings. The van der Waals surface area contributed by atoms with Crippen LogP contribution in [0.4, 0.5) is 5.69 Å². The maximum atomic E-state index is 11.3. The smallest absolute Gasteiger partial charge is 0.233 e. The summed E-state index contributed by atoms with van der Waals surface area (Å²) < 4.78 is 23.4. The van der Waals surface area contributed by atoms with Crippen molar-refractivity contribution < 1.29 is 18.6 Å². The van der Waals surface area contributed by atoms with Crippen LogP contribution in [0.5, 0.6) is 11.5 Å². The molecular formula is C8H10ClNO4S. The lowest BCUT2D eigenvalue weighted by molar-refractivity contribution is 0.451. The van der Waals surface area contributed by atoms with Gasteiger partial charge in [0.1, 0.15) is 17.5 Å². The number of hydrogen-bond acceptors (Lipinski definition) is 4. The van der Waals surface area contributed by atoms with E-state index in [2.05, 4.69) is 0 Å². The van der Waals surface area contributed by atoms with Crippen LogP contribution in [-0.2, 0) is 10.0 Å². The minimum absolute atomic E-state index is 0.0327. The Morgan fingerprint density at radius 1 is 1.40 bits per heavy atom. The molecule has 0 aliphatic carbocycles. The summed E-state index contributed by atoms with van der Waals surface area (Å²) >= 11 is 5.47. The molecule has 0 aliphatic heterocycles. The molecule has 0 saturated carbocycles. The van der Waals surface area contributed by atoms with Crippen molar-refractivity contribution in [1.29, 1.82) is 0 Å². The zero-order chi connectivity index (χ0) is 11.6. The maximum Gasteiger partial charge on any atom is 0.233 e. The number of aromatic hydroxyl groups is 2. The zero-order valence-corrected chi connectivity index (χ0v) is 9.46. The Hall–Kier alpha value is -1.14. The summed E-state index contributed by atoms with van der Waals surface area (Å²) in [5, 5.41) is 18.5. The first-order chi connectivity index (χ1) is 6.86. The first-order valence-electron chi connectivity index (χ1n) is 3.92. The van der Waals surface area contributed by atoms with Crippen LogP contribution >= 0.6 is 11.6 Å². The van der Waals surface area contributed by atoms with Gasteiger partial charge in [0.05, 0.1) is 11.9 Å². The van der Waals surface area contributed by atoms with Crippen LogP contribution in [0.25, 0.3) is 0 Å². The van der Waals surface area contributed by atoms with E-state index in [1.165, 1.54) is 12.1 Å². The van der Waals surface area contributed by atoms with Crippen molar-refractivity contribution in [3.05, 3.63) is 18.2 Å². The topological polar surface area (TPSA) is 77.8 Å². The molecule has 7 heteroatoms. The van der Waals surface area contributed by atoms with E-state index in [4.69, 9.17) is 16.7 Å². The van der Waals surface area contributed by atoms with Crippen molar-refractivity contribution in [2.45, 2.75) is 0 Å². The van der Waals surface area contributed by atoms with Crippen molar-refractivity contribution in [2.75, 3.05) is 16.6 Å². The van der Waals surface area contributed by atoms with Gasteiger partial charge in [-0.25, -0.2) is 8.42 Å². The van der Waals surface area contributed by atoms with Gasteiger partial charge in [-0.05, 0) is 12.1 Å². The highest BCUT2D eigenvalue weighted by Crippen LogP contribution is 2.32. The van der Waals surface area contributed by atoms with E-state index < -0.39 is 10.0 Å². The molecule has 0 aromatic heterocycles. The molecule has 0 atom stereocenters. The van der Waals surface area contributed by atoms with Crippen LogP contribution in [0.3, 0.4) is 0 Å². The predicted octanol–water partition coefficient (Wildman–Crippen LogP) is 1.06. The second-order valence-electron chi connectivity index (χ2n) is 2.90. The van der Waals surface area contributed by atoms with E-state index >= 15 is 0 Å². The molecule has 0 amide bonds. The third-order valence-corrected chi connectivity index (χ3v) is 3.24. The molecule has 1 aromatic carbocycles. The lowest BCUT2D eigenvalue weighted by atomic mass is 10.3. The van der Waals surface area contributed by atoms with Gasteiger partial charge < -0.3 is 10.2 Å². The number of hydrogen-bond donors (Lipinski definition) is 2. The Morgan fingerprint density at radius 3 is 2.40 bits per heavy atom. The van der Waals surface area contributed by atoms with E-state index in [9.17, 15) is 13.5 Å². The number of anilines is 1. The third-order valence-electron chi connectivity index (χ3n) is 1.74. The lowest BCUT2D eigenvalue weighted by Gasteiger charge is -2.20. The molecule has 5 nitrogen and oxygen atoms in total. The first-order valence-corrected chi connectivity index (χ1v) is 6.30. The molecule has 0 aliphatic rings. The van der Waals surface area contributed by atoms with E-state index in [1.54, 1.807) is 0 Å². The molecule has 0 saturated heterocycles. The van der Waals surface area contributed by atoms with Crippen LogP contribution in [0, 0.1) is 0 Å². The molecule has 2 N–H and O–H groups in total. The summed E-state index contributed by atoms with van der Waals surface area (Å²) in [6.07, 6.45) is 0.974. The minimum atomic E-state index is -3.54. The fourth-order valence-electron chi connectivity index (χ4n) is 1.05. The largest absolute Gasteiger partial charge is 0.508 e. The molecule has 0 bridgehead atoms. The molecule has 15 heavy (non-hydrogen) atoms. The number of phenols is 2. The summed E-state index contributed by atoms with van der Waals surface area (Å²) in [5.74, 6) is -0.500. The van der Waals surface area contributed by atoms with Gasteiger partial charge in [0, 0.05) is 6.07 Å². The number of nitrogens with zero attached hydrogens (tertiary/aromatic N) is 1. The lowest BCUT2D eigenvalue weighted by Crippen LogP contribution is -2.28. The number of alkyl halides is 1. The minimum Gasteiger partial charge on any atom is -0.508 e. The number of benzene rings is 1. The van der Waals surface area contributed by atoms with Crippen LogP contribution in [0.2, 0.25) is 0 Å². The Bertz CT molecular complexity index is 460. The van der Waals surface area contributed by atoms with Gasteiger partial charge in [-0.2, -0.15) is 0 Å². The van der Waals surface area contributed by atoms with Crippen molar-refractivity contribution in [3.8, 4) is 11.5 Å². The Balaban J connectivity index is 3.25. The Labute approximate surface area is 92.6 Å². The molecule has 0 unspecified atom stereocenters. The van der Waals surface area contributed by atoms with Gasteiger partial charge in [0.2, 0.25) is 10.0 Å². The van der Waals surface area contributed by atoms with E-state index in [0.717, 1.165) is 16.6 Å². The highest BCUT2D eigenvalue weighted by molar-refractivity contribution is 7.92. The van der Waals surface area contributed by atoms with Crippen molar-refractivity contribution in [2.24, 2.45) is 0 Å². The zero-order valence-electron chi connectivity index (χ0n) is 7.88. The number of sulfonamides is 1. The van der Waals surface area contributed by atoms with Gasteiger partial charge in [-0.1, -0.05) is 0 Å². The van der Waals surface area contributed by atoms with E-state index in [0.29, 0.717) is 0 Å². The summed E-state index contributed by atoms with van der Waals surface area (Å²) in [6, 6.07) is 3.27. The van der Waals surface area contributed by atoms with Gasteiger partial charge in [-0.15, -0.1) is 11.6 Å². The SMILES string of the molecule is CS(=O)(=O)N(CCl)c1ccc(O)cc1O. The van der Waals surface area contributed by atoms with Gasteiger partial charge in [-0.3, -0.25) is 4.31 Å². The van der Waals surface area contributed by atoms with Crippen molar-refractivity contribution in [1.82, 2.24) is 0 Å². The molecule has 0 heterocycles. The summed E-state index contributed by atoms with van der Waals surface area (Å²) in [7, 11) is -3.54. The van der Waals surface area contributed by atoms with Crippen molar-refractivity contribution in [3.63, 3.8) is 0 Å². The Kier molecular flexibility index (Phi) is 3.31. The molecule has 0 radical (unpaired) electrons.